The van der Waals surface area contributed by atoms with Gasteiger partial charge in [0.05, 0.1) is 23.1 Å². The standard InChI is InChI=1S/C19H22ClNO6S.C11H10N4O2/c1-28(25,26)16-6-5-12(19(24)17-14(22)3-2-4-15(17)23)18(20)13(16)11-21-7-9-27-10-8-21;16-10(17)3-7-15-6-2-9(8-14-15)11-12-4-1-5-13-11/h5-6,22H,2-4,7-11H2,1H3;1-2,4-6,8H,3,7H2/p+1. The number of benzene rings is 1. The van der Waals surface area contributed by atoms with Gasteiger partial charge in [-0.15, -0.1) is 0 Å². The molecule has 2 aliphatic rings. The Morgan fingerprint density at radius 2 is 1.82 bits per heavy atom. The number of rotatable bonds is 9. The normalized spacial score (nSPS) is 15.7. The Morgan fingerprint density at radius 3 is 2.42 bits per heavy atom. The van der Waals surface area contributed by atoms with Gasteiger partial charge in [0, 0.05) is 73.9 Å². The maximum atomic E-state index is 12.9. The molecule has 0 radical (unpaired) electrons. The number of morpholine rings is 1. The molecule has 0 amide bonds. The summed E-state index contributed by atoms with van der Waals surface area (Å²) in [5, 5.41) is 22.7. The van der Waals surface area contributed by atoms with Gasteiger partial charge in [0.25, 0.3) is 0 Å². The summed E-state index contributed by atoms with van der Waals surface area (Å²) in [7, 11) is -3.58. The van der Waals surface area contributed by atoms with Crippen molar-refractivity contribution in [3.8, 4) is 11.4 Å². The number of aliphatic carboxylic acids is 1. The number of ketones is 2. The van der Waals surface area contributed by atoms with Crippen molar-refractivity contribution in [1.82, 2.24) is 20.0 Å². The number of aliphatic hydroxyl groups excluding tert-OH is 1. The Kier molecular flexibility index (Phi) is 11.4. The van der Waals surface area contributed by atoms with Gasteiger partial charge in [-0.25, -0.2) is 18.4 Å². The van der Waals surface area contributed by atoms with E-state index < -0.39 is 27.4 Å². The molecule has 0 unspecified atom stereocenters. The molecule has 0 bridgehead atoms. The van der Waals surface area contributed by atoms with Crippen LogP contribution in [0.3, 0.4) is 0 Å². The molecule has 45 heavy (non-hydrogen) atoms. The minimum Gasteiger partial charge on any atom is -0.511 e. The molecule has 238 valence electrons. The van der Waals surface area contributed by atoms with Crippen LogP contribution in [-0.4, -0.2) is 88.7 Å². The van der Waals surface area contributed by atoms with Gasteiger partial charge in [-0.2, -0.15) is 0 Å². The summed E-state index contributed by atoms with van der Waals surface area (Å²) >= 11 is 6.49. The van der Waals surface area contributed by atoms with Crippen molar-refractivity contribution in [2.75, 3.05) is 32.6 Å². The lowest BCUT2D eigenvalue weighted by atomic mass is 9.90. The molecule has 1 aliphatic heterocycles. The van der Waals surface area contributed by atoms with Crippen LogP contribution in [0.15, 0.2) is 65.3 Å². The number of allylic oxidation sites excluding steroid dienone is 2. The summed E-state index contributed by atoms with van der Waals surface area (Å²) in [5.74, 6) is -1.57. The number of ether oxygens (including phenoxy) is 1. The summed E-state index contributed by atoms with van der Waals surface area (Å²) in [6, 6.07) is 6.21. The first kappa shape index (κ1) is 33.8. The number of Topliss-reactive ketones (excluding diaryl/α,β-unsaturated/α-hetero) is 2. The van der Waals surface area contributed by atoms with E-state index in [0.29, 0.717) is 50.7 Å². The lowest BCUT2D eigenvalue weighted by molar-refractivity contribution is -0.752. The molecule has 2 aromatic heterocycles. The number of carbonyl (C=O) groups excluding carboxylic acids is 2. The Balaban J connectivity index is 0.000000231. The van der Waals surface area contributed by atoms with Gasteiger partial charge in [0.15, 0.2) is 34.2 Å². The van der Waals surface area contributed by atoms with Crippen LogP contribution in [0.2, 0.25) is 5.02 Å². The molecule has 3 aromatic rings. The molecule has 1 saturated heterocycles. The van der Waals surface area contributed by atoms with Crippen molar-refractivity contribution >= 4 is 39.0 Å². The van der Waals surface area contributed by atoms with Crippen molar-refractivity contribution in [3.05, 3.63) is 76.5 Å². The predicted octanol–water partition coefficient (Wildman–Crippen LogP) is 2.62. The Bertz CT molecular complexity index is 1690. The molecule has 2 N–H and O–H groups in total. The van der Waals surface area contributed by atoms with Crippen molar-refractivity contribution in [1.29, 1.82) is 0 Å². The number of carboxylic acids is 1. The molecule has 13 nitrogen and oxygen atoms in total. The topological polar surface area (TPSA) is 181 Å². The molecular formula is C30H33ClN5O8S+. The van der Waals surface area contributed by atoms with E-state index in [2.05, 4.69) is 15.1 Å². The number of hydrogen-bond acceptors (Lipinski definition) is 11. The van der Waals surface area contributed by atoms with Crippen LogP contribution >= 0.6 is 11.6 Å². The molecule has 1 aliphatic carbocycles. The molecule has 1 fully saturated rings. The number of halogens is 1. The lowest BCUT2D eigenvalue weighted by Gasteiger charge is -2.28. The second kappa shape index (κ2) is 15.3. The molecule has 0 atom stereocenters. The fraction of sp³-hybridized carbons (Fsp3) is 0.367. The van der Waals surface area contributed by atoms with Crippen LogP contribution in [0, 0.1) is 0 Å². The van der Waals surface area contributed by atoms with Crippen LogP contribution in [-0.2, 0) is 37.3 Å². The van der Waals surface area contributed by atoms with Gasteiger partial charge >= 0.3 is 5.97 Å². The summed E-state index contributed by atoms with van der Waals surface area (Å²) in [5.41, 5.74) is 0.893. The maximum Gasteiger partial charge on any atom is 0.309 e. The van der Waals surface area contributed by atoms with Gasteiger partial charge in [0.1, 0.15) is 23.9 Å². The number of nitrogens with zero attached hydrogens (tertiary/aromatic N) is 5. The number of carbonyl (C=O) groups is 3. The maximum absolute atomic E-state index is 12.9. The molecule has 0 saturated carbocycles. The lowest BCUT2D eigenvalue weighted by Crippen LogP contribution is -2.38. The Hall–Kier alpha value is -4.11. The Labute approximate surface area is 265 Å². The number of aromatic nitrogens is 4. The van der Waals surface area contributed by atoms with Gasteiger partial charge < -0.3 is 14.9 Å². The van der Waals surface area contributed by atoms with Crippen LogP contribution in [0.1, 0.15) is 41.6 Å². The highest BCUT2D eigenvalue weighted by atomic mass is 35.5. The summed E-state index contributed by atoms with van der Waals surface area (Å²) in [6.07, 6.45) is 8.73. The summed E-state index contributed by atoms with van der Waals surface area (Å²) in [6.45, 7) is 2.87. The fourth-order valence-electron chi connectivity index (χ4n) is 4.78. The monoisotopic (exact) mass is 658 g/mol. The van der Waals surface area contributed by atoms with E-state index in [-0.39, 0.29) is 52.6 Å². The molecule has 5 rings (SSSR count). The number of hydrogen-bond donors (Lipinski definition) is 2. The van der Waals surface area contributed by atoms with E-state index in [9.17, 15) is 27.9 Å². The van der Waals surface area contributed by atoms with Crippen molar-refractivity contribution in [2.24, 2.45) is 0 Å². The number of sulfone groups is 1. The van der Waals surface area contributed by atoms with Gasteiger partial charge in [-0.05, 0) is 29.7 Å². The van der Waals surface area contributed by atoms with Crippen LogP contribution in [0.25, 0.3) is 11.4 Å². The minimum absolute atomic E-state index is 0.00177. The second-order valence-corrected chi connectivity index (χ2v) is 12.7. The fourth-order valence-corrected chi connectivity index (χ4v) is 6.08. The van der Waals surface area contributed by atoms with Crippen molar-refractivity contribution in [3.63, 3.8) is 0 Å². The summed E-state index contributed by atoms with van der Waals surface area (Å²) < 4.78 is 31.4. The number of aryl methyl sites for hydroxylation is 1. The third-order valence-corrected chi connectivity index (χ3v) is 8.70. The highest BCUT2D eigenvalue weighted by molar-refractivity contribution is 7.90. The molecule has 1 aromatic carbocycles. The third-order valence-electron chi connectivity index (χ3n) is 7.09. The predicted molar refractivity (Wildman–Crippen MR) is 161 cm³/mol. The van der Waals surface area contributed by atoms with Crippen molar-refractivity contribution in [2.45, 2.75) is 43.7 Å². The smallest absolute Gasteiger partial charge is 0.309 e. The van der Waals surface area contributed by atoms with E-state index in [0.717, 1.165) is 11.8 Å². The van der Waals surface area contributed by atoms with E-state index in [1.807, 2.05) is 11.0 Å². The van der Waals surface area contributed by atoms with Crippen LogP contribution in [0.4, 0.5) is 0 Å². The first-order valence-electron chi connectivity index (χ1n) is 14.1. The van der Waals surface area contributed by atoms with Crippen molar-refractivity contribution < 1.29 is 42.4 Å². The van der Waals surface area contributed by atoms with E-state index in [1.165, 1.54) is 12.1 Å². The first-order valence-corrected chi connectivity index (χ1v) is 16.4. The van der Waals surface area contributed by atoms with E-state index in [4.69, 9.17) is 21.4 Å². The summed E-state index contributed by atoms with van der Waals surface area (Å²) in [4.78, 5) is 45.7. The molecule has 0 spiro atoms. The quantitative estimate of drug-likeness (QED) is 0.195. The van der Waals surface area contributed by atoms with E-state index >= 15 is 0 Å². The zero-order chi connectivity index (χ0) is 32.6. The Morgan fingerprint density at radius 1 is 1.11 bits per heavy atom. The average molecular weight is 659 g/mol. The number of carboxylic acid groups (broad SMARTS) is 1. The minimum atomic E-state index is -3.58. The first-order chi connectivity index (χ1) is 21.5. The zero-order valence-electron chi connectivity index (χ0n) is 24.6. The molecule has 3 heterocycles. The zero-order valence-corrected chi connectivity index (χ0v) is 26.1. The molecule has 15 heteroatoms. The van der Waals surface area contributed by atoms with Gasteiger partial charge in [-0.1, -0.05) is 16.3 Å². The highest BCUT2D eigenvalue weighted by Gasteiger charge is 2.31. The second-order valence-electron chi connectivity index (χ2n) is 10.4. The number of aliphatic hydroxyl groups is 1. The third kappa shape index (κ3) is 8.97. The average Bonchev–Trinajstić information content (AvgIpc) is 3.02. The van der Waals surface area contributed by atoms with Crippen LogP contribution in [0.5, 0.6) is 0 Å². The largest absolute Gasteiger partial charge is 0.511 e. The van der Waals surface area contributed by atoms with Gasteiger partial charge in [-0.3, -0.25) is 19.3 Å². The highest BCUT2D eigenvalue weighted by Crippen LogP contribution is 2.33. The SMILES string of the molecule is CS(=O)(=O)c1ccc(C(=O)C2=C(O)CCCC2=O)c(Cl)c1CN1CCOCC1.O=C(O)CC[n+]1ccc(-c2ncccn2)cn1. The van der Waals surface area contributed by atoms with E-state index in [1.54, 1.807) is 35.5 Å². The van der Waals surface area contributed by atoms with Gasteiger partial charge in [0.2, 0.25) is 5.78 Å². The molecular weight excluding hydrogens is 626 g/mol. The van der Waals surface area contributed by atoms with Crippen LogP contribution < -0.4 is 4.68 Å².